The molecule has 1 aromatic rings. The zero-order valence-electron chi connectivity index (χ0n) is 13.0. The molecule has 1 fully saturated rings. The van der Waals surface area contributed by atoms with Crippen LogP contribution in [0, 0.1) is 6.92 Å². The quantitative estimate of drug-likeness (QED) is 0.828. The highest BCUT2D eigenvalue weighted by Gasteiger charge is 2.39. The van der Waals surface area contributed by atoms with Gasteiger partial charge in [-0.05, 0) is 63.5 Å². The van der Waals surface area contributed by atoms with E-state index in [2.05, 4.69) is 9.62 Å². The summed E-state index contributed by atoms with van der Waals surface area (Å²) in [6, 6.07) is 5.11. The Labute approximate surface area is 127 Å². The Bertz CT molecular complexity index is 607. The van der Waals surface area contributed by atoms with Crippen molar-refractivity contribution in [2.24, 2.45) is 5.73 Å². The van der Waals surface area contributed by atoms with Crippen LogP contribution in [0.15, 0.2) is 23.1 Å². The number of rotatable bonds is 6. The van der Waals surface area contributed by atoms with Crippen LogP contribution in [-0.2, 0) is 16.6 Å². The van der Waals surface area contributed by atoms with Gasteiger partial charge in [-0.1, -0.05) is 6.07 Å². The molecule has 1 aliphatic carbocycles. The maximum absolute atomic E-state index is 12.5. The third-order valence-electron chi connectivity index (χ3n) is 4.68. The monoisotopic (exact) mass is 311 g/mol. The minimum atomic E-state index is -3.48. The molecule has 0 amide bonds. The Balaban J connectivity index is 2.15. The van der Waals surface area contributed by atoms with Gasteiger partial charge in [0.2, 0.25) is 10.0 Å². The van der Waals surface area contributed by atoms with Gasteiger partial charge in [0.25, 0.3) is 0 Å². The number of hydrogen-bond donors (Lipinski definition) is 2. The van der Waals surface area contributed by atoms with Crippen molar-refractivity contribution < 1.29 is 8.42 Å². The lowest BCUT2D eigenvalue weighted by molar-refractivity contribution is 0.0657. The van der Waals surface area contributed by atoms with Crippen LogP contribution < -0.4 is 10.5 Å². The standard InChI is InChI=1S/C15H25N3O2S/c1-12-5-6-14(9-13(12)10-16)21(19,20)17-11-15(18(2)3)7-4-8-15/h5-6,9,17H,4,7-8,10-11,16H2,1-3H3. The third-order valence-corrected chi connectivity index (χ3v) is 6.07. The van der Waals surface area contributed by atoms with E-state index in [1.54, 1.807) is 12.1 Å². The van der Waals surface area contributed by atoms with Gasteiger partial charge < -0.3 is 10.6 Å². The van der Waals surface area contributed by atoms with Gasteiger partial charge in [-0.3, -0.25) is 0 Å². The van der Waals surface area contributed by atoms with E-state index in [0.29, 0.717) is 18.0 Å². The molecule has 0 spiro atoms. The van der Waals surface area contributed by atoms with E-state index in [0.717, 1.165) is 30.4 Å². The molecule has 0 radical (unpaired) electrons. The van der Waals surface area contributed by atoms with Crippen LogP contribution in [0.25, 0.3) is 0 Å². The molecule has 3 N–H and O–H groups in total. The first kappa shape index (κ1) is 16.4. The van der Waals surface area contributed by atoms with E-state index in [-0.39, 0.29) is 5.54 Å². The Kier molecular flexibility index (Phi) is 4.72. The summed E-state index contributed by atoms with van der Waals surface area (Å²) in [7, 11) is 0.527. The van der Waals surface area contributed by atoms with E-state index in [1.807, 2.05) is 27.1 Å². The van der Waals surface area contributed by atoms with Crippen molar-refractivity contribution in [3.8, 4) is 0 Å². The Hall–Kier alpha value is -0.950. The molecule has 1 aliphatic rings. The van der Waals surface area contributed by atoms with Crippen molar-refractivity contribution in [3.05, 3.63) is 29.3 Å². The lowest BCUT2D eigenvalue weighted by atomic mass is 9.76. The molecule has 0 saturated heterocycles. The molecule has 0 bridgehead atoms. The van der Waals surface area contributed by atoms with E-state index in [4.69, 9.17) is 5.73 Å². The van der Waals surface area contributed by atoms with Gasteiger partial charge in [0.1, 0.15) is 0 Å². The number of benzene rings is 1. The third kappa shape index (κ3) is 3.29. The second-order valence-corrected chi connectivity index (χ2v) is 7.86. The van der Waals surface area contributed by atoms with Crippen molar-refractivity contribution >= 4 is 10.0 Å². The molecule has 0 unspecified atom stereocenters. The molecular formula is C15H25N3O2S. The van der Waals surface area contributed by atoms with Crippen LogP contribution in [0.4, 0.5) is 0 Å². The van der Waals surface area contributed by atoms with Gasteiger partial charge in [0.05, 0.1) is 4.90 Å². The molecule has 0 heterocycles. The number of sulfonamides is 1. The van der Waals surface area contributed by atoms with Gasteiger partial charge in [-0.15, -0.1) is 0 Å². The predicted octanol–water partition coefficient (Wildman–Crippen LogP) is 1.22. The van der Waals surface area contributed by atoms with Crippen LogP contribution in [-0.4, -0.2) is 39.5 Å². The van der Waals surface area contributed by atoms with E-state index < -0.39 is 10.0 Å². The maximum Gasteiger partial charge on any atom is 0.240 e. The molecule has 0 aliphatic heterocycles. The van der Waals surface area contributed by atoms with Crippen molar-refractivity contribution in [2.75, 3.05) is 20.6 Å². The summed E-state index contributed by atoms with van der Waals surface area (Å²) in [6.45, 7) is 2.73. The van der Waals surface area contributed by atoms with Crippen LogP contribution in [0.2, 0.25) is 0 Å². The van der Waals surface area contributed by atoms with Crippen LogP contribution in [0.3, 0.4) is 0 Å². The maximum atomic E-state index is 12.5. The molecule has 21 heavy (non-hydrogen) atoms. The van der Waals surface area contributed by atoms with E-state index in [9.17, 15) is 8.42 Å². The summed E-state index contributed by atoms with van der Waals surface area (Å²) < 4.78 is 27.7. The van der Waals surface area contributed by atoms with Gasteiger partial charge in [0, 0.05) is 18.6 Å². The van der Waals surface area contributed by atoms with Crippen LogP contribution in [0.1, 0.15) is 30.4 Å². The average Bonchev–Trinajstić information content (AvgIpc) is 2.37. The molecule has 118 valence electrons. The van der Waals surface area contributed by atoms with Crippen molar-refractivity contribution in [1.29, 1.82) is 0 Å². The minimum absolute atomic E-state index is 0.0333. The highest BCUT2D eigenvalue weighted by Crippen LogP contribution is 2.35. The fourth-order valence-corrected chi connectivity index (χ4v) is 3.88. The van der Waals surface area contributed by atoms with E-state index in [1.165, 1.54) is 0 Å². The zero-order chi connectivity index (χ0) is 15.7. The smallest absolute Gasteiger partial charge is 0.240 e. The van der Waals surface area contributed by atoms with Gasteiger partial charge in [-0.25, -0.2) is 13.1 Å². The summed E-state index contributed by atoms with van der Waals surface area (Å²) >= 11 is 0. The van der Waals surface area contributed by atoms with Crippen molar-refractivity contribution in [3.63, 3.8) is 0 Å². The van der Waals surface area contributed by atoms with Gasteiger partial charge in [0.15, 0.2) is 0 Å². The number of nitrogens with one attached hydrogen (secondary N) is 1. The summed E-state index contributed by atoms with van der Waals surface area (Å²) in [5.41, 5.74) is 7.50. The first-order valence-corrected chi connectivity index (χ1v) is 8.76. The largest absolute Gasteiger partial charge is 0.326 e. The van der Waals surface area contributed by atoms with E-state index >= 15 is 0 Å². The predicted molar refractivity (Wildman–Crippen MR) is 84.5 cm³/mol. The highest BCUT2D eigenvalue weighted by molar-refractivity contribution is 7.89. The van der Waals surface area contributed by atoms with Crippen molar-refractivity contribution in [2.45, 2.75) is 43.2 Å². The molecule has 6 heteroatoms. The zero-order valence-corrected chi connectivity index (χ0v) is 13.8. The normalized spacial score (nSPS) is 17.8. The first-order chi connectivity index (χ1) is 9.81. The SMILES string of the molecule is Cc1ccc(S(=O)(=O)NCC2(N(C)C)CCC2)cc1CN. The second-order valence-electron chi connectivity index (χ2n) is 6.09. The summed E-state index contributed by atoms with van der Waals surface area (Å²) in [6.07, 6.45) is 3.22. The fourth-order valence-electron chi connectivity index (χ4n) is 2.71. The highest BCUT2D eigenvalue weighted by atomic mass is 32.2. The summed E-state index contributed by atoms with van der Waals surface area (Å²) in [5, 5.41) is 0. The Morgan fingerprint density at radius 3 is 2.48 bits per heavy atom. The molecule has 0 atom stereocenters. The average molecular weight is 311 g/mol. The fraction of sp³-hybridized carbons (Fsp3) is 0.600. The van der Waals surface area contributed by atoms with Gasteiger partial charge >= 0.3 is 0 Å². The van der Waals surface area contributed by atoms with Crippen molar-refractivity contribution in [1.82, 2.24) is 9.62 Å². The number of likely N-dealkylation sites (N-methyl/N-ethyl adjacent to an activating group) is 1. The lowest BCUT2D eigenvalue weighted by Gasteiger charge is -2.47. The number of aryl methyl sites for hydroxylation is 1. The number of nitrogens with two attached hydrogens (primary N) is 1. The second kappa shape index (κ2) is 6.04. The first-order valence-electron chi connectivity index (χ1n) is 7.27. The molecule has 1 aromatic carbocycles. The van der Waals surface area contributed by atoms with Crippen LogP contribution in [0.5, 0.6) is 0 Å². The lowest BCUT2D eigenvalue weighted by Crippen LogP contribution is -2.57. The minimum Gasteiger partial charge on any atom is -0.326 e. The molecule has 5 nitrogen and oxygen atoms in total. The Morgan fingerprint density at radius 2 is 2.00 bits per heavy atom. The molecule has 2 rings (SSSR count). The summed E-state index contributed by atoms with van der Waals surface area (Å²) in [5.74, 6) is 0. The number of hydrogen-bond acceptors (Lipinski definition) is 4. The molecular weight excluding hydrogens is 286 g/mol. The molecule has 0 aromatic heterocycles. The van der Waals surface area contributed by atoms with Crippen LogP contribution >= 0.6 is 0 Å². The number of nitrogens with zero attached hydrogens (tertiary/aromatic N) is 1. The Morgan fingerprint density at radius 1 is 1.33 bits per heavy atom. The summed E-state index contributed by atoms with van der Waals surface area (Å²) in [4.78, 5) is 2.42. The topological polar surface area (TPSA) is 75.4 Å². The van der Waals surface area contributed by atoms with Gasteiger partial charge in [-0.2, -0.15) is 0 Å². The molecule has 1 saturated carbocycles.